The Morgan fingerprint density at radius 2 is 1.81 bits per heavy atom. The number of benzene rings is 2. The van der Waals surface area contributed by atoms with Crippen LogP contribution in [0.3, 0.4) is 0 Å². The monoisotopic (exact) mass is 365 g/mol. The van der Waals surface area contributed by atoms with Gasteiger partial charge in [0.1, 0.15) is 0 Å². The van der Waals surface area contributed by atoms with Gasteiger partial charge in [-0.3, -0.25) is 14.0 Å². The number of amides is 1. The lowest BCUT2D eigenvalue weighted by molar-refractivity contribution is 0.102. The first-order valence-corrected chi connectivity index (χ1v) is 9.62. The van der Waals surface area contributed by atoms with Crippen molar-refractivity contribution >= 4 is 28.1 Å². The lowest BCUT2D eigenvalue weighted by atomic mass is 9.98. The van der Waals surface area contributed by atoms with Gasteiger partial charge < -0.3 is 11.1 Å². The average molecular weight is 365 g/mol. The van der Waals surface area contributed by atoms with Crippen LogP contribution in [0, 0.1) is 0 Å². The number of nitrogens with one attached hydrogen (secondary N) is 1. The van der Waals surface area contributed by atoms with Crippen molar-refractivity contribution in [2.75, 3.05) is 17.3 Å². The molecule has 26 heavy (non-hydrogen) atoms. The van der Waals surface area contributed by atoms with E-state index in [0.29, 0.717) is 28.3 Å². The molecule has 5 nitrogen and oxygen atoms in total. The maximum atomic E-state index is 12.9. The Kier molecular flexibility index (Phi) is 5.43. The van der Waals surface area contributed by atoms with Crippen LogP contribution in [0.2, 0.25) is 0 Å². The van der Waals surface area contributed by atoms with Crippen LogP contribution in [0.5, 0.6) is 0 Å². The van der Waals surface area contributed by atoms with E-state index in [1.165, 1.54) is 0 Å². The fraction of sp³-hybridized carbons (Fsp3) is 0.100. The van der Waals surface area contributed by atoms with E-state index in [1.807, 2.05) is 12.1 Å². The van der Waals surface area contributed by atoms with Crippen molar-refractivity contribution in [2.45, 2.75) is 11.3 Å². The maximum absolute atomic E-state index is 12.9. The molecule has 0 saturated heterocycles. The third kappa shape index (κ3) is 3.97. The first kappa shape index (κ1) is 17.8. The molecule has 1 amide bonds. The summed E-state index contributed by atoms with van der Waals surface area (Å²) in [6.07, 6.45) is 5.53. The molecule has 2 aromatic carbocycles. The number of carbonyl (C=O) groups is 1. The van der Waals surface area contributed by atoms with E-state index < -0.39 is 10.8 Å². The Bertz CT molecular complexity index is 958. The van der Waals surface area contributed by atoms with Gasteiger partial charge in [0.25, 0.3) is 5.91 Å². The molecule has 1 aromatic heterocycles. The molecule has 0 aliphatic heterocycles. The second-order valence-electron chi connectivity index (χ2n) is 5.81. The summed E-state index contributed by atoms with van der Waals surface area (Å²) in [5.74, 6) is -0.278. The summed E-state index contributed by atoms with van der Waals surface area (Å²) in [5, 5.41) is 2.86. The topological polar surface area (TPSA) is 85.1 Å². The fourth-order valence-electron chi connectivity index (χ4n) is 2.73. The van der Waals surface area contributed by atoms with Crippen LogP contribution >= 0.6 is 0 Å². The van der Waals surface area contributed by atoms with E-state index in [0.717, 1.165) is 11.1 Å². The number of nitrogen functional groups attached to an aromatic ring is 1. The lowest BCUT2D eigenvalue weighted by Gasteiger charge is -2.14. The molecule has 0 bridgehead atoms. The molecule has 3 rings (SSSR count). The van der Waals surface area contributed by atoms with Crippen LogP contribution in [-0.2, 0) is 17.2 Å². The van der Waals surface area contributed by atoms with Gasteiger partial charge in [-0.15, -0.1) is 0 Å². The molecule has 132 valence electrons. The smallest absolute Gasteiger partial charge is 0.256 e. The molecular formula is C20H19N3O2S. The first-order valence-electron chi connectivity index (χ1n) is 8.06. The number of hydrogen-bond acceptors (Lipinski definition) is 4. The molecule has 1 heterocycles. The van der Waals surface area contributed by atoms with E-state index in [1.54, 1.807) is 61.1 Å². The standard InChI is InChI=1S/C20H19N3O2S/c1-26(25)19-8-3-2-7-18(19)23-20(24)15-5-4-6-17(21)16(15)13-14-9-11-22-12-10-14/h2-12H,13,21H2,1H3,(H,23,24). The van der Waals surface area contributed by atoms with Gasteiger partial charge in [-0.1, -0.05) is 18.2 Å². The Morgan fingerprint density at radius 3 is 2.54 bits per heavy atom. The van der Waals surface area contributed by atoms with Crippen molar-refractivity contribution in [1.82, 2.24) is 4.98 Å². The van der Waals surface area contributed by atoms with Gasteiger partial charge in [-0.2, -0.15) is 0 Å². The highest BCUT2D eigenvalue weighted by molar-refractivity contribution is 7.84. The zero-order chi connectivity index (χ0) is 18.5. The number of hydrogen-bond donors (Lipinski definition) is 2. The summed E-state index contributed by atoms with van der Waals surface area (Å²) >= 11 is 0. The summed E-state index contributed by atoms with van der Waals surface area (Å²) < 4.78 is 11.9. The van der Waals surface area contributed by atoms with Crippen LogP contribution in [-0.4, -0.2) is 21.4 Å². The Balaban J connectivity index is 1.93. The van der Waals surface area contributed by atoms with Crippen molar-refractivity contribution < 1.29 is 9.00 Å². The molecule has 0 saturated carbocycles. The highest BCUT2D eigenvalue weighted by Gasteiger charge is 2.16. The fourth-order valence-corrected chi connectivity index (χ4v) is 3.43. The second kappa shape index (κ2) is 7.93. The predicted molar refractivity (Wildman–Crippen MR) is 105 cm³/mol. The number of aromatic nitrogens is 1. The third-order valence-electron chi connectivity index (χ3n) is 4.03. The van der Waals surface area contributed by atoms with Crippen LogP contribution in [0.25, 0.3) is 0 Å². The molecule has 3 N–H and O–H groups in total. The highest BCUT2D eigenvalue weighted by Crippen LogP contribution is 2.24. The molecule has 3 aromatic rings. The van der Waals surface area contributed by atoms with Gasteiger partial charge >= 0.3 is 0 Å². The van der Waals surface area contributed by atoms with Crippen LogP contribution < -0.4 is 11.1 Å². The molecule has 1 unspecified atom stereocenters. The molecule has 0 fully saturated rings. The van der Waals surface area contributed by atoms with Gasteiger partial charge in [0.15, 0.2) is 0 Å². The number of nitrogens with two attached hydrogens (primary N) is 1. The van der Waals surface area contributed by atoms with Gasteiger partial charge in [-0.25, -0.2) is 0 Å². The number of rotatable bonds is 5. The van der Waals surface area contributed by atoms with Gasteiger partial charge in [0.2, 0.25) is 0 Å². The van der Waals surface area contributed by atoms with E-state index in [4.69, 9.17) is 5.73 Å². The van der Waals surface area contributed by atoms with Crippen molar-refractivity contribution in [3.8, 4) is 0 Å². The molecule has 0 aliphatic carbocycles. The van der Waals surface area contributed by atoms with Gasteiger partial charge in [0.05, 0.1) is 21.4 Å². The minimum atomic E-state index is -1.20. The Hall–Kier alpha value is -2.99. The Labute approximate surface area is 154 Å². The molecule has 0 aliphatic rings. The van der Waals surface area contributed by atoms with E-state index >= 15 is 0 Å². The zero-order valence-electron chi connectivity index (χ0n) is 14.3. The van der Waals surface area contributed by atoms with E-state index in [2.05, 4.69) is 10.3 Å². The maximum Gasteiger partial charge on any atom is 0.256 e. The molecular weight excluding hydrogens is 346 g/mol. The summed E-state index contributed by atoms with van der Waals surface area (Å²) in [4.78, 5) is 17.5. The number of para-hydroxylation sites is 1. The van der Waals surface area contributed by atoms with Gasteiger partial charge in [-0.05, 0) is 47.5 Å². The highest BCUT2D eigenvalue weighted by atomic mass is 32.2. The summed E-state index contributed by atoms with van der Waals surface area (Å²) in [5.41, 5.74) is 9.50. The quantitative estimate of drug-likeness (QED) is 0.680. The number of nitrogens with zero attached hydrogens (tertiary/aromatic N) is 1. The molecule has 0 spiro atoms. The second-order valence-corrected chi connectivity index (χ2v) is 7.16. The van der Waals surface area contributed by atoms with Crippen molar-refractivity contribution in [1.29, 1.82) is 0 Å². The minimum Gasteiger partial charge on any atom is -0.398 e. The summed E-state index contributed by atoms with van der Waals surface area (Å²) in [7, 11) is -1.20. The van der Waals surface area contributed by atoms with Crippen LogP contribution in [0.4, 0.5) is 11.4 Å². The number of pyridine rings is 1. The zero-order valence-corrected chi connectivity index (χ0v) is 15.1. The van der Waals surface area contributed by atoms with Crippen LogP contribution in [0.1, 0.15) is 21.5 Å². The predicted octanol–water partition coefficient (Wildman–Crippen LogP) is 3.24. The van der Waals surface area contributed by atoms with Crippen molar-refractivity contribution in [3.63, 3.8) is 0 Å². The largest absolute Gasteiger partial charge is 0.398 e. The van der Waals surface area contributed by atoms with E-state index in [-0.39, 0.29) is 5.91 Å². The van der Waals surface area contributed by atoms with Crippen LogP contribution in [0.15, 0.2) is 71.9 Å². The summed E-state index contributed by atoms with van der Waals surface area (Å²) in [6.45, 7) is 0. The normalized spacial score (nSPS) is 11.7. The van der Waals surface area contributed by atoms with Crippen molar-refractivity contribution in [3.05, 3.63) is 83.7 Å². The molecule has 1 atom stereocenters. The molecule has 0 radical (unpaired) electrons. The first-order chi connectivity index (χ1) is 12.6. The average Bonchev–Trinajstić information content (AvgIpc) is 2.64. The minimum absolute atomic E-state index is 0.278. The summed E-state index contributed by atoms with van der Waals surface area (Å²) in [6, 6.07) is 16.1. The van der Waals surface area contributed by atoms with E-state index in [9.17, 15) is 9.00 Å². The van der Waals surface area contributed by atoms with Gasteiger partial charge in [0, 0.05) is 36.3 Å². The van der Waals surface area contributed by atoms with Crippen molar-refractivity contribution in [2.24, 2.45) is 0 Å². The Morgan fingerprint density at radius 1 is 1.08 bits per heavy atom. The molecule has 6 heteroatoms. The SMILES string of the molecule is CS(=O)c1ccccc1NC(=O)c1cccc(N)c1Cc1ccncc1. The number of anilines is 2. The lowest BCUT2D eigenvalue weighted by Crippen LogP contribution is -2.16. The third-order valence-corrected chi connectivity index (χ3v) is 5.01. The number of carbonyl (C=O) groups excluding carboxylic acids is 1.